The molecule has 0 saturated heterocycles. The number of guanidine groups is 1. The molecule has 2 rings (SSSR count). The minimum absolute atomic E-state index is 0.0994. The molecule has 0 aliphatic heterocycles. The second kappa shape index (κ2) is 10.4. The quantitative estimate of drug-likeness (QED) is 0.565. The van der Waals surface area contributed by atoms with E-state index in [9.17, 15) is 4.79 Å². The van der Waals surface area contributed by atoms with Gasteiger partial charge in [0.25, 0.3) is 5.91 Å². The molecule has 144 valence electrons. The molecule has 0 aliphatic carbocycles. The second-order valence-electron chi connectivity index (χ2n) is 5.90. The molecule has 27 heavy (non-hydrogen) atoms. The number of nitrogens with one attached hydrogen (secondary N) is 2. The van der Waals surface area contributed by atoms with Crippen molar-refractivity contribution in [3.8, 4) is 5.75 Å². The van der Waals surface area contributed by atoms with E-state index in [0.29, 0.717) is 30.3 Å². The predicted molar refractivity (Wildman–Crippen MR) is 110 cm³/mol. The molecule has 0 unspecified atom stereocenters. The van der Waals surface area contributed by atoms with E-state index in [1.165, 1.54) is 0 Å². The summed E-state index contributed by atoms with van der Waals surface area (Å²) in [6.45, 7) is 1.76. The van der Waals surface area contributed by atoms with Gasteiger partial charge in [0.15, 0.2) is 5.96 Å². The van der Waals surface area contributed by atoms with Crippen LogP contribution >= 0.6 is 11.6 Å². The summed E-state index contributed by atoms with van der Waals surface area (Å²) in [6, 6.07) is 14.8. The van der Waals surface area contributed by atoms with Gasteiger partial charge in [0.2, 0.25) is 0 Å². The van der Waals surface area contributed by atoms with Crippen LogP contribution in [0, 0.1) is 0 Å². The smallest absolute Gasteiger partial charge is 0.251 e. The van der Waals surface area contributed by atoms with Crippen LogP contribution in [0.25, 0.3) is 0 Å². The molecule has 0 spiro atoms. The molecular weight excluding hydrogens is 364 g/mol. The Kier molecular flexibility index (Phi) is 7.95. The van der Waals surface area contributed by atoms with Crippen molar-refractivity contribution >= 4 is 23.5 Å². The van der Waals surface area contributed by atoms with Gasteiger partial charge in [-0.05, 0) is 42.0 Å². The Hall–Kier alpha value is -2.73. The Morgan fingerprint density at radius 2 is 1.96 bits per heavy atom. The summed E-state index contributed by atoms with van der Waals surface area (Å²) in [7, 11) is 5.30. The Morgan fingerprint density at radius 1 is 1.22 bits per heavy atom. The summed E-state index contributed by atoms with van der Waals surface area (Å²) in [4.78, 5) is 18.0. The van der Waals surface area contributed by atoms with Crippen molar-refractivity contribution in [2.45, 2.75) is 6.54 Å². The van der Waals surface area contributed by atoms with E-state index in [-0.39, 0.29) is 5.91 Å². The van der Waals surface area contributed by atoms with Crippen molar-refractivity contribution in [3.05, 3.63) is 64.7 Å². The van der Waals surface area contributed by atoms with E-state index in [1.807, 2.05) is 42.3 Å². The van der Waals surface area contributed by atoms with Crippen molar-refractivity contribution in [2.24, 2.45) is 4.99 Å². The monoisotopic (exact) mass is 388 g/mol. The molecule has 2 aromatic rings. The van der Waals surface area contributed by atoms with Crippen molar-refractivity contribution in [2.75, 3.05) is 34.3 Å². The summed E-state index contributed by atoms with van der Waals surface area (Å²) in [6.07, 6.45) is 0. The van der Waals surface area contributed by atoms with E-state index in [0.717, 1.165) is 17.3 Å². The SMILES string of the molecule is CN=C(NCc1cccc(C(=O)NC)c1)N(C)CCOc1ccc(Cl)cc1. The normalized spacial score (nSPS) is 11.0. The molecule has 7 heteroatoms. The lowest BCUT2D eigenvalue weighted by molar-refractivity contribution is 0.0963. The predicted octanol–water partition coefficient (Wildman–Crippen LogP) is 2.79. The number of ether oxygens (including phenoxy) is 1. The maximum Gasteiger partial charge on any atom is 0.251 e. The number of hydrogen-bond acceptors (Lipinski definition) is 3. The van der Waals surface area contributed by atoms with E-state index in [1.54, 1.807) is 32.3 Å². The summed E-state index contributed by atoms with van der Waals surface area (Å²) in [5, 5.41) is 6.61. The standard InChI is InChI=1S/C20H25ClN4O2/c1-22-19(26)16-6-4-5-15(13-16)14-24-20(23-2)25(3)11-12-27-18-9-7-17(21)8-10-18/h4-10,13H,11-12,14H2,1-3H3,(H,22,26)(H,23,24). The molecule has 0 atom stereocenters. The third-order valence-corrected chi connectivity index (χ3v) is 4.20. The van der Waals surface area contributed by atoms with Gasteiger partial charge >= 0.3 is 0 Å². The van der Waals surface area contributed by atoms with Crippen LogP contribution in [0.15, 0.2) is 53.5 Å². The Morgan fingerprint density at radius 3 is 2.63 bits per heavy atom. The lowest BCUT2D eigenvalue weighted by atomic mass is 10.1. The first-order valence-corrected chi connectivity index (χ1v) is 9.02. The highest BCUT2D eigenvalue weighted by Gasteiger charge is 2.08. The maximum absolute atomic E-state index is 11.7. The van der Waals surface area contributed by atoms with Crippen molar-refractivity contribution in [3.63, 3.8) is 0 Å². The number of nitrogens with zero attached hydrogens (tertiary/aromatic N) is 2. The molecule has 0 heterocycles. The Bertz CT molecular complexity index is 778. The van der Waals surface area contributed by atoms with E-state index < -0.39 is 0 Å². The number of aliphatic imine (C=N–C) groups is 1. The van der Waals surface area contributed by atoms with Gasteiger partial charge < -0.3 is 20.3 Å². The van der Waals surface area contributed by atoms with Gasteiger partial charge in [-0.3, -0.25) is 9.79 Å². The zero-order valence-electron chi connectivity index (χ0n) is 15.8. The molecule has 0 aliphatic rings. The third-order valence-electron chi connectivity index (χ3n) is 3.95. The van der Waals surface area contributed by atoms with Gasteiger partial charge in [-0.15, -0.1) is 0 Å². The highest BCUT2D eigenvalue weighted by Crippen LogP contribution is 2.15. The molecule has 0 aromatic heterocycles. The van der Waals surface area contributed by atoms with Gasteiger partial charge in [-0.2, -0.15) is 0 Å². The molecule has 2 aromatic carbocycles. The molecule has 0 saturated carbocycles. The lowest BCUT2D eigenvalue weighted by Gasteiger charge is -2.22. The van der Waals surface area contributed by atoms with Crippen LogP contribution in [-0.2, 0) is 6.54 Å². The summed E-state index contributed by atoms with van der Waals surface area (Å²) in [5.41, 5.74) is 1.64. The molecule has 2 N–H and O–H groups in total. The van der Waals surface area contributed by atoms with Crippen LogP contribution in [0.4, 0.5) is 0 Å². The van der Waals surface area contributed by atoms with E-state index in [4.69, 9.17) is 16.3 Å². The number of carbonyl (C=O) groups is 1. The highest BCUT2D eigenvalue weighted by molar-refractivity contribution is 6.30. The first kappa shape index (κ1) is 20.6. The first-order chi connectivity index (χ1) is 13.0. The summed E-state index contributed by atoms with van der Waals surface area (Å²) < 4.78 is 5.72. The summed E-state index contributed by atoms with van der Waals surface area (Å²) in [5.74, 6) is 1.43. The van der Waals surface area contributed by atoms with Gasteiger partial charge in [-0.25, -0.2) is 0 Å². The maximum atomic E-state index is 11.7. The molecule has 6 nitrogen and oxygen atoms in total. The number of halogens is 1. The van der Waals surface area contributed by atoms with E-state index in [2.05, 4.69) is 15.6 Å². The van der Waals surface area contributed by atoms with Gasteiger partial charge in [0, 0.05) is 38.3 Å². The molecule has 0 radical (unpaired) electrons. The van der Waals surface area contributed by atoms with Crippen molar-refractivity contribution in [1.82, 2.24) is 15.5 Å². The average Bonchev–Trinajstić information content (AvgIpc) is 2.69. The first-order valence-electron chi connectivity index (χ1n) is 8.64. The lowest BCUT2D eigenvalue weighted by Crippen LogP contribution is -2.40. The third kappa shape index (κ3) is 6.49. The van der Waals surface area contributed by atoms with Crippen LogP contribution in [-0.4, -0.2) is 51.1 Å². The molecular formula is C20H25ClN4O2. The van der Waals surface area contributed by atoms with Gasteiger partial charge in [-0.1, -0.05) is 23.7 Å². The number of rotatable bonds is 7. The summed E-state index contributed by atoms with van der Waals surface area (Å²) >= 11 is 5.87. The minimum Gasteiger partial charge on any atom is -0.492 e. The topological polar surface area (TPSA) is 66.0 Å². The molecule has 0 fully saturated rings. The molecule has 0 bridgehead atoms. The fourth-order valence-corrected chi connectivity index (χ4v) is 2.60. The number of carbonyl (C=O) groups excluding carboxylic acids is 1. The second-order valence-corrected chi connectivity index (χ2v) is 6.34. The zero-order valence-corrected chi connectivity index (χ0v) is 16.6. The largest absolute Gasteiger partial charge is 0.492 e. The minimum atomic E-state index is -0.0994. The van der Waals surface area contributed by atoms with Crippen LogP contribution < -0.4 is 15.4 Å². The fourth-order valence-electron chi connectivity index (χ4n) is 2.47. The van der Waals surface area contributed by atoms with Crippen molar-refractivity contribution in [1.29, 1.82) is 0 Å². The Balaban J connectivity index is 1.83. The number of amides is 1. The fraction of sp³-hybridized carbons (Fsp3) is 0.300. The number of hydrogen-bond donors (Lipinski definition) is 2. The van der Waals surface area contributed by atoms with Crippen LogP contribution in [0.1, 0.15) is 15.9 Å². The van der Waals surface area contributed by atoms with Crippen LogP contribution in [0.3, 0.4) is 0 Å². The number of benzene rings is 2. The average molecular weight is 389 g/mol. The highest BCUT2D eigenvalue weighted by atomic mass is 35.5. The van der Waals surface area contributed by atoms with Crippen molar-refractivity contribution < 1.29 is 9.53 Å². The zero-order chi connectivity index (χ0) is 19.6. The van der Waals surface area contributed by atoms with E-state index >= 15 is 0 Å². The van der Waals surface area contributed by atoms with Crippen LogP contribution in [0.5, 0.6) is 5.75 Å². The molecule has 1 amide bonds. The van der Waals surface area contributed by atoms with Gasteiger partial charge in [0.05, 0.1) is 6.54 Å². The number of likely N-dealkylation sites (N-methyl/N-ethyl adjacent to an activating group) is 1. The van der Waals surface area contributed by atoms with Gasteiger partial charge in [0.1, 0.15) is 12.4 Å². The Labute approximate surface area is 165 Å². The van der Waals surface area contributed by atoms with Crippen LogP contribution in [0.2, 0.25) is 5.02 Å².